The van der Waals surface area contributed by atoms with E-state index in [0.29, 0.717) is 17.8 Å². The second kappa shape index (κ2) is 12.9. The summed E-state index contributed by atoms with van der Waals surface area (Å²) in [6.45, 7) is 10.6. The van der Waals surface area contributed by atoms with Crippen LogP contribution in [0.2, 0.25) is 0 Å². The van der Waals surface area contributed by atoms with Gasteiger partial charge in [-0.1, -0.05) is 30.6 Å². The number of hydrogen-bond donors (Lipinski definition) is 1. The van der Waals surface area contributed by atoms with E-state index in [1.807, 2.05) is 39.0 Å². The molecule has 2 amide bonds. The Morgan fingerprint density at radius 2 is 1.68 bits per heavy atom. The molecule has 1 fully saturated rings. The van der Waals surface area contributed by atoms with E-state index in [1.165, 1.54) is 13.8 Å². The molecule has 13 nitrogen and oxygen atoms in total. The number of carbonyl (C=O) groups excluding carboxylic acids is 5. The molecule has 13 heteroatoms. The summed E-state index contributed by atoms with van der Waals surface area (Å²) in [6, 6.07) is 4.31. The van der Waals surface area contributed by atoms with Crippen molar-refractivity contribution in [1.82, 2.24) is 5.32 Å². The van der Waals surface area contributed by atoms with E-state index >= 15 is 0 Å². The zero-order valence-corrected chi connectivity index (χ0v) is 23.6. The van der Waals surface area contributed by atoms with Crippen LogP contribution in [0, 0.1) is 12.8 Å². The third-order valence-corrected chi connectivity index (χ3v) is 6.01. The summed E-state index contributed by atoms with van der Waals surface area (Å²) < 4.78 is 21.9. The fourth-order valence-electron chi connectivity index (χ4n) is 4.55. The van der Waals surface area contributed by atoms with Crippen molar-refractivity contribution >= 4 is 41.1 Å². The monoisotopic (exact) mass is 561 g/mol. The molecule has 218 valence electrons. The summed E-state index contributed by atoms with van der Waals surface area (Å²) in [7, 11) is 0. The van der Waals surface area contributed by atoms with Crippen molar-refractivity contribution in [2.75, 3.05) is 18.1 Å². The van der Waals surface area contributed by atoms with Gasteiger partial charge in [0.05, 0.1) is 5.69 Å². The van der Waals surface area contributed by atoms with Crippen LogP contribution < -0.4 is 10.2 Å². The highest BCUT2D eigenvalue weighted by Gasteiger charge is 2.52. The number of hydrogen-bond acceptors (Lipinski definition) is 11. The van der Waals surface area contributed by atoms with Crippen molar-refractivity contribution in [3.8, 4) is 0 Å². The van der Waals surface area contributed by atoms with Gasteiger partial charge in [-0.25, -0.2) is 0 Å². The zero-order valence-electron chi connectivity index (χ0n) is 23.6. The largest absolute Gasteiger partial charge is 0.463 e. The fourth-order valence-corrected chi connectivity index (χ4v) is 4.55. The third kappa shape index (κ3) is 7.34. The maximum atomic E-state index is 13.4. The van der Waals surface area contributed by atoms with Crippen LogP contribution in [0.1, 0.15) is 52.7 Å². The van der Waals surface area contributed by atoms with Gasteiger partial charge in [-0.2, -0.15) is 0 Å². The van der Waals surface area contributed by atoms with Crippen LogP contribution in [0.15, 0.2) is 23.4 Å². The lowest BCUT2D eigenvalue weighted by molar-refractivity contribution is -0.278. The van der Waals surface area contributed by atoms with E-state index in [1.54, 1.807) is 4.90 Å². The van der Waals surface area contributed by atoms with E-state index in [-0.39, 0.29) is 17.5 Å². The lowest BCUT2D eigenvalue weighted by Crippen LogP contribution is -2.66. The van der Waals surface area contributed by atoms with Gasteiger partial charge in [0.25, 0.3) is 12.2 Å². The number of ether oxygens (including phenoxy) is 4. The Kier molecular flexibility index (Phi) is 9.85. The molecular formula is C27H35N3O10. The van der Waals surface area contributed by atoms with Crippen LogP contribution in [0.4, 0.5) is 5.69 Å². The average Bonchev–Trinajstić information content (AvgIpc) is 3.08. The number of aryl methyl sites for hydroxylation is 1. The van der Waals surface area contributed by atoms with E-state index in [0.717, 1.165) is 19.4 Å². The summed E-state index contributed by atoms with van der Waals surface area (Å²) in [4.78, 5) is 68.3. The second-order valence-corrected chi connectivity index (χ2v) is 10.1. The molecule has 2 heterocycles. The Labute approximate surface area is 232 Å². The van der Waals surface area contributed by atoms with Gasteiger partial charge >= 0.3 is 17.9 Å². The number of rotatable bonds is 9. The maximum Gasteiger partial charge on any atom is 0.303 e. The van der Waals surface area contributed by atoms with Gasteiger partial charge < -0.3 is 34.0 Å². The predicted molar refractivity (Wildman–Crippen MR) is 140 cm³/mol. The molecule has 3 rings (SSSR count). The van der Waals surface area contributed by atoms with Gasteiger partial charge in [-0.15, -0.1) is 0 Å². The molecule has 1 saturated heterocycles. The molecule has 0 aliphatic carbocycles. The van der Waals surface area contributed by atoms with Crippen molar-refractivity contribution in [3.63, 3.8) is 0 Å². The molecule has 1 aromatic carbocycles. The first-order valence-corrected chi connectivity index (χ1v) is 12.9. The van der Waals surface area contributed by atoms with Crippen molar-refractivity contribution in [3.05, 3.63) is 29.3 Å². The highest BCUT2D eigenvalue weighted by Crippen LogP contribution is 2.32. The first-order chi connectivity index (χ1) is 18.8. The van der Waals surface area contributed by atoms with Gasteiger partial charge in [0, 0.05) is 39.8 Å². The quantitative estimate of drug-likeness (QED) is 0.265. The normalized spacial score (nSPS) is 24.9. The molecule has 5 unspecified atom stereocenters. The molecule has 0 spiro atoms. The molecule has 1 aromatic rings. The van der Waals surface area contributed by atoms with Crippen molar-refractivity contribution in [2.45, 2.75) is 79.1 Å². The highest BCUT2D eigenvalue weighted by atomic mass is 16.8. The highest BCUT2D eigenvalue weighted by molar-refractivity contribution is 6.54. The Bertz CT molecular complexity index is 1200. The number of nitrogens with one attached hydrogen (secondary N) is 1. The van der Waals surface area contributed by atoms with Crippen LogP contribution in [-0.4, -0.2) is 79.2 Å². The summed E-state index contributed by atoms with van der Waals surface area (Å²) in [5.74, 6) is -2.84. The number of esters is 3. The smallest absolute Gasteiger partial charge is 0.303 e. The lowest BCUT2D eigenvalue weighted by Gasteiger charge is -2.43. The summed E-state index contributed by atoms with van der Waals surface area (Å²) in [5.41, 5.74) is 2.15. The minimum atomic E-state index is -1.44. The molecule has 5 atom stereocenters. The number of fused-ring (bicyclic) bond motifs is 1. The molecule has 1 N–H and O–H groups in total. The molecular weight excluding hydrogens is 526 g/mol. The van der Waals surface area contributed by atoms with E-state index < -0.39 is 61.1 Å². The summed E-state index contributed by atoms with van der Waals surface area (Å²) >= 11 is 0. The van der Waals surface area contributed by atoms with Crippen LogP contribution in [0.5, 0.6) is 0 Å². The maximum absolute atomic E-state index is 13.4. The van der Waals surface area contributed by atoms with Gasteiger partial charge in [0.1, 0.15) is 18.8 Å². The predicted octanol–water partition coefficient (Wildman–Crippen LogP) is 1.37. The van der Waals surface area contributed by atoms with E-state index in [2.05, 4.69) is 10.5 Å². The molecule has 0 bridgehead atoms. The van der Waals surface area contributed by atoms with Crippen LogP contribution in [-0.2, 0) is 47.8 Å². The van der Waals surface area contributed by atoms with Crippen molar-refractivity contribution in [2.24, 2.45) is 11.1 Å². The number of benzene rings is 1. The van der Waals surface area contributed by atoms with Crippen molar-refractivity contribution in [1.29, 1.82) is 0 Å². The number of anilines is 1. The Hall–Kier alpha value is -4.00. The second-order valence-electron chi connectivity index (χ2n) is 10.1. The lowest BCUT2D eigenvalue weighted by atomic mass is 9.96. The number of carbonyl (C=O) groups is 5. The zero-order chi connectivity index (χ0) is 29.7. The minimum Gasteiger partial charge on any atom is -0.463 e. The van der Waals surface area contributed by atoms with Gasteiger partial charge in [-0.3, -0.25) is 24.0 Å². The standard InChI is InChI=1S/C27H35N3O10/c1-13(2)11-30-20-9-8-14(3)10-19(20)22(26(30)35)29-40-27-23(28-15(4)31)25(38-18(7)34)24(37-17(6)33)21(39-27)12-36-16(5)32/h8-10,13,21,23-25,27H,11-12H2,1-7H3,(H,28,31). The Morgan fingerprint density at radius 3 is 2.25 bits per heavy atom. The Balaban J connectivity index is 2.03. The fraction of sp³-hybridized carbons (Fsp3) is 0.556. The molecule has 0 radical (unpaired) electrons. The van der Waals surface area contributed by atoms with E-state index in [4.69, 9.17) is 23.8 Å². The first-order valence-electron chi connectivity index (χ1n) is 12.9. The van der Waals surface area contributed by atoms with Gasteiger partial charge in [0.2, 0.25) is 5.91 Å². The topological polar surface area (TPSA) is 159 Å². The van der Waals surface area contributed by atoms with Gasteiger partial charge in [0.15, 0.2) is 17.9 Å². The van der Waals surface area contributed by atoms with E-state index in [9.17, 15) is 24.0 Å². The third-order valence-electron chi connectivity index (χ3n) is 6.01. The SMILES string of the molecule is CC(=O)NC1C(ON=C2C(=O)N(CC(C)C)c3ccc(C)cc32)OC(COC(C)=O)C(OC(C)=O)C1OC(C)=O. The Morgan fingerprint density at radius 1 is 1.02 bits per heavy atom. The number of amides is 2. The molecule has 40 heavy (non-hydrogen) atoms. The average molecular weight is 562 g/mol. The van der Waals surface area contributed by atoms with Crippen LogP contribution >= 0.6 is 0 Å². The minimum absolute atomic E-state index is 0.0206. The summed E-state index contributed by atoms with van der Waals surface area (Å²) in [6.07, 6.45) is -5.19. The van der Waals surface area contributed by atoms with Crippen molar-refractivity contribution < 1.29 is 47.8 Å². The first kappa shape index (κ1) is 30.5. The van der Waals surface area contributed by atoms with Crippen LogP contribution in [0.25, 0.3) is 0 Å². The molecule has 2 aliphatic heterocycles. The van der Waals surface area contributed by atoms with Gasteiger partial charge in [-0.05, 0) is 25.0 Å². The number of oxime groups is 1. The molecule has 0 aromatic heterocycles. The molecule has 2 aliphatic rings. The number of nitrogens with zero attached hydrogens (tertiary/aromatic N) is 2. The van der Waals surface area contributed by atoms with Crippen LogP contribution in [0.3, 0.4) is 0 Å². The summed E-state index contributed by atoms with van der Waals surface area (Å²) in [5, 5.41) is 6.74. The molecule has 0 saturated carbocycles.